The number of imidazole rings is 1. The first kappa shape index (κ1) is 111. The lowest BCUT2D eigenvalue weighted by Gasteiger charge is -2.38. The SMILES string of the molecule is CC[C@H](C)[C@@H]1NC(=O)[C@H](CC(N)=O)NC(=O)[C@H](CO)NC(=O)[C@H](Cc2ccccc2)NC(=O)[C@H](Cc2ccc(O)cc2)NC(=O)[C@H](CCCCN)NC(=O)[C@H](CC(N)=O)NC(=O)[C@H](CO)NC(=O)[C@H](C(C)C)NC(=O)CNC(=O)CCC(C(=O)NCC(=O)Nc2ccc(NC(=O)[C@H]3OC(Oc4ncc(F)c(O)n4)[C@H](O)[C@@H](O)[C@@H]3O)cc2)NC(=O)[C@H](Cc2c[nH]c3ccccc23)NC(=O)[C@H](Cc2cnc[nH]2)NC1=O. The number of hydrogen-bond acceptors (Lipinski definition) is 31. The van der Waals surface area contributed by atoms with E-state index in [9.17, 15) is 107 Å². The lowest BCUT2D eigenvalue weighted by molar-refractivity contribution is -0.266. The number of primary amides is 2. The lowest BCUT2D eigenvalue weighted by atomic mass is 9.96. The maximum absolute atomic E-state index is 15.4. The average Bonchev–Trinajstić information content (AvgIpc) is 1.01. The van der Waals surface area contributed by atoms with E-state index >= 15 is 19.2 Å². The Bertz CT molecular complexity index is 5650. The Hall–Kier alpha value is -15.8. The highest BCUT2D eigenvalue weighted by molar-refractivity contribution is 6.03. The topological polar surface area (TPSA) is 808 Å². The second-order valence-electron chi connectivity index (χ2n) is 34.2. The van der Waals surface area contributed by atoms with E-state index < -0.39 is 310 Å². The summed E-state index contributed by atoms with van der Waals surface area (Å²) in [5, 5.41) is 113. The van der Waals surface area contributed by atoms with Crippen LogP contribution in [0.15, 0.2) is 128 Å². The summed E-state index contributed by atoms with van der Waals surface area (Å²) in [4.78, 5) is 275. The zero-order valence-electron chi connectivity index (χ0n) is 77.9. The number of fused-ring (bicyclic) bond motifs is 1. The van der Waals surface area contributed by atoms with Crippen LogP contribution in [-0.2, 0) is 117 Å². The molecule has 18 atom stereocenters. The number of phenols is 1. The molecule has 143 heavy (non-hydrogen) atoms. The molecule has 3 aromatic heterocycles. The van der Waals surface area contributed by atoms with Gasteiger partial charge < -0.3 is 157 Å². The molecule has 2 fully saturated rings. The van der Waals surface area contributed by atoms with Crippen LogP contribution in [0.5, 0.6) is 17.6 Å². The summed E-state index contributed by atoms with van der Waals surface area (Å²) in [5.74, 6) is -25.2. The maximum Gasteiger partial charge on any atom is 0.322 e. The number of amides is 18. The number of H-pyrrole nitrogens is 2. The van der Waals surface area contributed by atoms with Crippen LogP contribution in [0.25, 0.3) is 10.9 Å². The van der Waals surface area contributed by atoms with Crippen molar-refractivity contribution in [2.75, 3.05) is 43.5 Å². The zero-order chi connectivity index (χ0) is 104. The van der Waals surface area contributed by atoms with E-state index in [-0.39, 0.29) is 67.0 Å². The quantitative estimate of drug-likeness (QED) is 0.0194. The molecule has 5 heterocycles. The Morgan fingerprint density at radius 2 is 1.04 bits per heavy atom. The molecule has 9 rings (SSSR count). The molecule has 2 aliphatic rings. The third-order valence-electron chi connectivity index (χ3n) is 23.0. The number of ether oxygens (including phenoxy) is 2. The summed E-state index contributed by atoms with van der Waals surface area (Å²) >= 11 is 0. The summed E-state index contributed by atoms with van der Waals surface area (Å²) < 4.78 is 24.3. The Morgan fingerprint density at radius 1 is 0.531 bits per heavy atom. The standard InChI is InChI=1S/C91H117FN24O27/c1-5-44(4)71-88(140)111-60(32-50-36-96-42-101-50)82(134)108-59(31-47-35-97-54-16-10-9-15-52(47)54)81(133)105-56(77(129)99-39-68(123)102-48-20-22-49(23-21-48)103-89(141)75-73(126)72(125)74(127)90(142-75)143-91-100-37-53(92)76(128)116-91)26-27-67(122)98-38-69(124)114-70(43(2)3)87(139)113-64(41-118)86(138)109-61(33-65(94)120)83(135)104-55(17-11-12-28-93)78(130)106-58(30-46-18-24-51(119)25-19-46)79(131)107-57(29-45-13-7-6-8-14-45)80(132)112-63(40-117)85(137)110-62(34-66(95)121)84(136)115-71/h6-10,13-16,18-25,35-37,42-44,55-64,70-75,90,97,117-119,125-127H,5,11-12,17,26-34,38-41,93H2,1-4H3,(H2,94,120)(H2,95,121)(H,96,101)(H,98,122)(H,99,129)(H,102,123)(H,103,141)(H,104,135)(H,105,133)(H,106,130)(H,107,131)(H,108,134)(H,109,138)(H,110,137)(H,111,140)(H,112,132)(H,113,139)(H,114,124)(H,115,136)(H,100,116,128)/t44-,55-,56?,57-,58-,59-,60-,61-,62-,63-,64-,70-,71-,72-,73-,74+,75-,90?/m0/s1. The van der Waals surface area contributed by atoms with Crippen molar-refractivity contribution in [2.24, 2.45) is 29.0 Å². The number of nitrogens with two attached hydrogens (primary N) is 3. The summed E-state index contributed by atoms with van der Waals surface area (Å²) in [6.45, 7) is 1.82. The molecular formula is C91H117FN24O27. The first-order valence-corrected chi connectivity index (χ1v) is 45.4. The number of nitrogens with one attached hydrogen (secondary N) is 18. The number of para-hydroxylation sites is 1. The highest BCUT2D eigenvalue weighted by Crippen LogP contribution is 2.28. The fourth-order valence-corrected chi connectivity index (χ4v) is 14.9. The van der Waals surface area contributed by atoms with Crippen LogP contribution >= 0.6 is 0 Å². The molecule has 31 N–H and O–H groups in total. The van der Waals surface area contributed by atoms with Crippen LogP contribution in [0, 0.1) is 17.7 Å². The minimum atomic E-state index is -2.09. The molecule has 0 saturated carbocycles. The van der Waals surface area contributed by atoms with Gasteiger partial charge in [0.25, 0.3) is 11.8 Å². The van der Waals surface area contributed by atoms with Gasteiger partial charge in [-0.25, -0.2) is 9.97 Å². The second-order valence-corrected chi connectivity index (χ2v) is 34.2. The van der Waals surface area contributed by atoms with E-state index in [1.165, 1.54) is 88.0 Å². The van der Waals surface area contributed by atoms with Crippen molar-refractivity contribution < 1.29 is 136 Å². The van der Waals surface area contributed by atoms with Crippen molar-refractivity contribution in [2.45, 2.75) is 208 Å². The van der Waals surface area contributed by atoms with E-state index in [1.807, 2.05) is 0 Å². The number of aromatic nitrogens is 5. The third-order valence-corrected chi connectivity index (χ3v) is 23.0. The summed E-state index contributed by atoms with van der Waals surface area (Å²) in [7, 11) is 0. The minimum absolute atomic E-state index is 0.0141. The molecule has 0 spiro atoms. The van der Waals surface area contributed by atoms with E-state index in [1.54, 1.807) is 61.5 Å². The number of anilines is 2. The molecule has 0 radical (unpaired) electrons. The van der Waals surface area contributed by atoms with Crippen molar-refractivity contribution in [1.29, 1.82) is 0 Å². The maximum atomic E-state index is 15.4. The summed E-state index contributed by atoms with van der Waals surface area (Å²) in [5.41, 5.74) is 18.9. The number of phenolic OH excluding ortho intramolecular Hbond substituents is 1. The molecule has 0 aliphatic carbocycles. The highest BCUT2D eigenvalue weighted by atomic mass is 19.1. The van der Waals surface area contributed by atoms with Crippen molar-refractivity contribution in [3.63, 3.8) is 0 Å². The van der Waals surface area contributed by atoms with Crippen LogP contribution in [-0.4, -0.2) is 303 Å². The van der Waals surface area contributed by atoms with Gasteiger partial charge in [-0.05, 0) is 103 Å². The van der Waals surface area contributed by atoms with Gasteiger partial charge in [0.2, 0.25) is 113 Å². The van der Waals surface area contributed by atoms with Crippen LogP contribution < -0.4 is 107 Å². The third kappa shape index (κ3) is 33.2. The number of carbonyl (C=O) groups is 18. The van der Waals surface area contributed by atoms with Gasteiger partial charge >= 0.3 is 6.01 Å². The highest BCUT2D eigenvalue weighted by Gasteiger charge is 2.49. The van der Waals surface area contributed by atoms with Gasteiger partial charge in [0, 0.05) is 72.5 Å². The molecular weight excluding hydrogens is 1880 g/mol. The molecule has 2 aliphatic heterocycles. The van der Waals surface area contributed by atoms with Gasteiger partial charge in [0.1, 0.15) is 96.6 Å². The Kier molecular flexibility index (Phi) is 41.5. The number of aromatic amines is 2. The monoisotopic (exact) mass is 2000 g/mol. The zero-order valence-corrected chi connectivity index (χ0v) is 77.9. The number of aromatic hydroxyl groups is 2. The number of aliphatic hydroxyl groups excluding tert-OH is 5. The van der Waals surface area contributed by atoms with Gasteiger partial charge in [-0.1, -0.05) is 94.8 Å². The van der Waals surface area contributed by atoms with E-state index in [4.69, 9.17) is 26.7 Å². The van der Waals surface area contributed by atoms with Crippen LogP contribution in [0.3, 0.4) is 0 Å². The number of rotatable bonds is 29. The summed E-state index contributed by atoms with van der Waals surface area (Å²) in [6.07, 6.45) is -10.5. The predicted octanol–water partition coefficient (Wildman–Crippen LogP) is -7.62. The molecule has 7 aromatic rings. The fourth-order valence-electron chi connectivity index (χ4n) is 14.9. The molecule has 51 nitrogen and oxygen atoms in total. The minimum Gasteiger partial charge on any atom is -0.508 e. The first-order valence-electron chi connectivity index (χ1n) is 45.4. The Morgan fingerprint density at radius 3 is 1.62 bits per heavy atom. The van der Waals surface area contributed by atoms with E-state index in [0.717, 1.165) is 0 Å². The molecule has 2 saturated heterocycles. The number of aliphatic hydroxyl groups is 5. The number of nitrogens with zero attached hydrogens (tertiary/aromatic N) is 3. The van der Waals surface area contributed by atoms with Gasteiger partial charge in [-0.15, -0.1) is 0 Å². The van der Waals surface area contributed by atoms with Gasteiger partial charge in [0.05, 0.1) is 51.7 Å². The van der Waals surface area contributed by atoms with Crippen molar-refractivity contribution in [3.05, 3.63) is 156 Å². The first-order chi connectivity index (χ1) is 68.1. The van der Waals surface area contributed by atoms with Gasteiger partial charge in [0.15, 0.2) is 6.10 Å². The normalized spacial score (nSPS) is 24.3. The fraction of sp³-hybridized carbons (Fsp3) is 0.440. The second kappa shape index (κ2) is 53.6. The number of carbonyl (C=O) groups excluding carboxylic acids is 18. The van der Waals surface area contributed by atoms with Crippen molar-refractivity contribution in [1.82, 2.24) is 99.4 Å². The van der Waals surface area contributed by atoms with Crippen LogP contribution in [0.4, 0.5) is 15.8 Å². The molecule has 4 aromatic carbocycles. The number of unbranched alkanes of at least 4 members (excludes halogenated alkanes) is 1. The van der Waals surface area contributed by atoms with E-state index in [2.05, 4.69) is 110 Å². The van der Waals surface area contributed by atoms with Crippen molar-refractivity contribution >= 4 is 129 Å². The van der Waals surface area contributed by atoms with Gasteiger partial charge in [-0.3, -0.25) is 86.3 Å². The molecule has 18 amide bonds. The smallest absolute Gasteiger partial charge is 0.322 e. The Labute approximate surface area is 814 Å². The largest absolute Gasteiger partial charge is 0.508 e. The van der Waals surface area contributed by atoms with Crippen molar-refractivity contribution in [3.8, 4) is 17.6 Å². The average molecular weight is 2000 g/mol. The molecule has 2 unspecified atom stereocenters. The predicted molar refractivity (Wildman–Crippen MR) is 498 cm³/mol. The molecule has 52 heteroatoms. The van der Waals surface area contributed by atoms with Crippen LogP contribution in [0.2, 0.25) is 0 Å². The molecule has 0 bridgehead atoms. The van der Waals surface area contributed by atoms with E-state index in [0.29, 0.717) is 28.2 Å². The van der Waals surface area contributed by atoms with Crippen LogP contribution in [0.1, 0.15) is 101 Å². The number of halogens is 1. The Balaban J connectivity index is 1.03. The summed E-state index contributed by atoms with van der Waals surface area (Å²) in [6, 6.07) is 2.28. The lowest BCUT2D eigenvalue weighted by Crippen LogP contribution is -2.62. The number of hydrogen-bond donors (Lipinski definition) is 28. The van der Waals surface area contributed by atoms with Gasteiger partial charge in [-0.2, -0.15) is 9.37 Å². The number of benzene rings is 4. The molecule has 770 valence electrons.